The first-order valence-corrected chi connectivity index (χ1v) is 6.38. The zero-order valence-electron chi connectivity index (χ0n) is 10.2. The minimum atomic E-state index is -0.804. The number of halogens is 1. The fourth-order valence-corrected chi connectivity index (χ4v) is 2.61. The van der Waals surface area contributed by atoms with Gasteiger partial charge in [-0.15, -0.1) is 0 Å². The van der Waals surface area contributed by atoms with Crippen molar-refractivity contribution < 1.29 is 14.4 Å². The van der Waals surface area contributed by atoms with Crippen LogP contribution in [0.1, 0.15) is 24.8 Å². The van der Waals surface area contributed by atoms with Gasteiger partial charge in [-0.1, -0.05) is 15.9 Å². The van der Waals surface area contributed by atoms with Gasteiger partial charge in [0.05, 0.1) is 5.92 Å². The van der Waals surface area contributed by atoms with Crippen LogP contribution in [-0.2, 0) is 4.74 Å². The van der Waals surface area contributed by atoms with Crippen LogP contribution in [0.25, 0.3) is 0 Å². The quantitative estimate of drug-likeness (QED) is 0.635. The van der Waals surface area contributed by atoms with Gasteiger partial charge in [0.2, 0.25) is 12.3 Å². The molecular formula is C12H14BrNO4. The van der Waals surface area contributed by atoms with Gasteiger partial charge in [-0.25, -0.2) is 0 Å². The van der Waals surface area contributed by atoms with Gasteiger partial charge in [0, 0.05) is 35.4 Å². The lowest BCUT2D eigenvalue weighted by atomic mass is 9.88. The Labute approximate surface area is 113 Å². The minimum absolute atomic E-state index is 0.119. The van der Waals surface area contributed by atoms with Gasteiger partial charge in [0.1, 0.15) is 5.75 Å². The molecule has 0 fully saturated rings. The standard InChI is InChI=1S/C12H14BrNO4/c1-12(17-2)6-8(7-14(15)16)10-5-9(13)3-4-11(10)18-12/h3-5,8H,6-7H2,1-2H3/t8-,12+/m1/s1. The summed E-state index contributed by atoms with van der Waals surface area (Å²) in [6.07, 6.45) is 0.466. The highest BCUT2D eigenvalue weighted by atomic mass is 79.9. The van der Waals surface area contributed by atoms with Crippen molar-refractivity contribution in [2.75, 3.05) is 13.7 Å². The summed E-state index contributed by atoms with van der Waals surface area (Å²) in [4.78, 5) is 10.5. The lowest BCUT2D eigenvalue weighted by molar-refractivity contribution is -0.485. The normalized spacial score (nSPS) is 26.3. The van der Waals surface area contributed by atoms with Crippen molar-refractivity contribution in [2.45, 2.75) is 25.0 Å². The molecule has 0 unspecified atom stereocenters. The molecule has 0 N–H and O–H groups in total. The van der Waals surface area contributed by atoms with Gasteiger partial charge in [-0.2, -0.15) is 0 Å². The van der Waals surface area contributed by atoms with Crippen LogP contribution in [0.15, 0.2) is 22.7 Å². The molecule has 1 aliphatic rings. The number of rotatable bonds is 3. The molecule has 1 aromatic rings. The molecule has 0 amide bonds. The Morgan fingerprint density at radius 2 is 2.39 bits per heavy atom. The summed E-state index contributed by atoms with van der Waals surface area (Å²) in [5.41, 5.74) is 0.857. The third-order valence-electron chi connectivity index (χ3n) is 3.16. The predicted octanol–water partition coefficient (Wildman–Crippen LogP) is 2.95. The lowest BCUT2D eigenvalue weighted by Crippen LogP contribution is -2.41. The fourth-order valence-electron chi connectivity index (χ4n) is 2.23. The average Bonchev–Trinajstić information content (AvgIpc) is 2.29. The van der Waals surface area contributed by atoms with Crippen LogP contribution >= 0.6 is 15.9 Å². The van der Waals surface area contributed by atoms with E-state index >= 15 is 0 Å². The second-order valence-corrected chi connectivity index (χ2v) is 5.45. The first kappa shape index (κ1) is 13.3. The maximum Gasteiger partial charge on any atom is 0.211 e. The van der Waals surface area contributed by atoms with Crippen molar-refractivity contribution in [1.29, 1.82) is 0 Å². The molecule has 2 atom stereocenters. The van der Waals surface area contributed by atoms with Crippen molar-refractivity contribution in [3.8, 4) is 5.75 Å². The predicted molar refractivity (Wildman–Crippen MR) is 69.4 cm³/mol. The highest BCUT2D eigenvalue weighted by Crippen LogP contribution is 2.42. The van der Waals surface area contributed by atoms with Crippen molar-refractivity contribution in [3.05, 3.63) is 38.3 Å². The molecule has 0 spiro atoms. The Bertz CT molecular complexity index is 479. The summed E-state index contributed by atoms with van der Waals surface area (Å²) >= 11 is 3.37. The number of methoxy groups -OCH3 is 1. The molecule has 2 rings (SSSR count). The number of ether oxygens (including phenoxy) is 2. The van der Waals surface area contributed by atoms with Crippen molar-refractivity contribution >= 4 is 15.9 Å². The largest absolute Gasteiger partial charge is 0.462 e. The zero-order valence-corrected chi connectivity index (χ0v) is 11.8. The number of hydrogen-bond donors (Lipinski definition) is 0. The zero-order chi connectivity index (χ0) is 13.3. The van der Waals surface area contributed by atoms with Crippen LogP contribution in [0, 0.1) is 10.1 Å². The molecule has 98 valence electrons. The van der Waals surface area contributed by atoms with Gasteiger partial charge in [-0.05, 0) is 18.2 Å². The van der Waals surface area contributed by atoms with Crippen LogP contribution in [-0.4, -0.2) is 24.4 Å². The van der Waals surface area contributed by atoms with E-state index in [9.17, 15) is 10.1 Å². The maximum absolute atomic E-state index is 10.8. The second kappa shape index (κ2) is 4.85. The molecule has 6 heteroatoms. The third-order valence-corrected chi connectivity index (χ3v) is 3.65. The van der Waals surface area contributed by atoms with E-state index in [2.05, 4.69) is 15.9 Å². The van der Waals surface area contributed by atoms with Crippen LogP contribution < -0.4 is 4.74 Å². The molecule has 0 aromatic heterocycles. The van der Waals surface area contributed by atoms with E-state index in [-0.39, 0.29) is 17.4 Å². The highest BCUT2D eigenvalue weighted by Gasteiger charge is 2.39. The maximum atomic E-state index is 10.8. The Morgan fingerprint density at radius 1 is 1.67 bits per heavy atom. The summed E-state index contributed by atoms with van der Waals surface area (Å²) in [5, 5.41) is 10.8. The number of fused-ring (bicyclic) bond motifs is 1. The summed E-state index contributed by atoms with van der Waals surface area (Å²) < 4.78 is 12.0. The molecule has 0 aliphatic carbocycles. The molecule has 1 heterocycles. The highest BCUT2D eigenvalue weighted by molar-refractivity contribution is 9.10. The molecule has 1 aliphatic heterocycles. The van der Waals surface area contributed by atoms with Crippen LogP contribution in [0.3, 0.4) is 0 Å². The number of benzene rings is 1. The van der Waals surface area contributed by atoms with E-state index in [1.54, 1.807) is 14.0 Å². The molecule has 5 nitrogen and oxygen atoms in total. The molecule has 18 heavy (non-hydrogen) atoms. The molecule has 0 saturated carbocycles. The molecule has 0 radical (unpaired) electrons. The van der Waals surface area contributed by atoms with Gasteiger partial charge in [0.15, 0.2) is 0 Å². The molecule has 0 bridgehead atoms. The topological polar surface area (TPSA) is 61.6 Å². The van der Waals surface area contributed by atoms with E-state index in [1.807, 2.05) is 18.2 Å². The third kappa shape index (κ3) is 2.64. The van der Waals surface area contributed by atoms with E-state index in [0.717, 1.165) is 10.0 Å². The Hall–Kier alpha value is -1.14. The summed E-state index contributed by atoms with van der Waals surface area (Å²) in [5.74, 6) is -0.353. The average molecular weight is 316 g/mol. The number of nitro groups is 1. The van der Waals surface area contributed by atoms with Gasteiger partial charge in [0.25, 0.3) is 0 Å². The van der Waals surface area contributed by atoms with Crippen molar-refractivity contribution in [1.82, 2.24) is 0 Å². The van der Waals surface area contributed by atoms with E-state index in [0.29, 0.717) is 12.2 Å². The van der Waals surface area contributed by atoms with Gasteiger partial charge < -0.3 is 9.47 Å². The summed E-state index contributed by atoms with van der Waals surface area (Å²) in [7, 11) is 1.55. The van der Waals surface area contributed by atoms with Gasteiger partial charge >= 0.3 is 0 Å². The number of nitrogens with zero attached hydrogens (tertiary/aromatic N) is 1. The Morgan fingerprint density at radius 3 is 3.00 bits per heavy atom. The van der Waals surface area contributed by atoms with Crippen molar-refractivity contribution in [2.24, 2.45) is 0 Å². The van der Waals surface area contributed by atoms with E-state index in [4.69, 9.17) is 9.47 Å². The van der Waals surface area contributed by atoms with Crippen molar-refractivity contribution in [3.63, 3.8) is 0 Å². The molecule has 0 saturated heterocycles. The van der Waals surface area contributed by atoms with E-state index in [1.165, 1.54) is 0 Å². The van der Waals surface area contributed by atoms with Gasteiger partial charge in [-0.3, -0.25) is 10.1 Å². The lowest BCUT2D eigenvalue weighted by Gasteiger charge is -2.37. The van der Waals surface area contributed by atoms with Crippen LogP contribution in [0.2, 0.25) is 0 Å². The first-order chi connectivity index (χ1) is 8.43. The van der Waals surface area contributed by atoms with E-state index < -0.39 is 5.79 Å². The minimum Gasteiger partial charge on any atom is -0.462 e. The Balaban J connectivity index is 2.40. The first-order valence-electron chi connectivity index (χ1n) is 5.59. The SMILES string of the molecule is CO[C@]1(C)C[C@H](C[N+](=O)[O-])c2cc(Br)ccc2O1. The Kier molecular flexibility index (Phi) is 3.59. The van der Waals surface area contributed by atoms with Crippen LogP contribution in [0.5, 0.6) is 5.75 Å². The molecular weight excluding hydrogens is 302 g/mol. The summed E-state index contributed by atoms with van der Waals surface area (Å²) in [6, 6.07) is 5.53. The second-order valence-electron chi connectivity index (χ2n) is 4.54. The summed E-state index contributed by atoms with van der Waals surface area (Å²) in [6.45, 7) is 1.68. The van der Waals surface area contributed by atoms with Crippen LogP contribution in [0.4, 0.5) is 0 Å². The smallest absolute Gasteiger partial charge is 0.211 e. The number of hydrogen-bond acceptors (Lipinski definition) is 4. The fraction of sp³-hybridized carbons (Fsp3) is 0.500. The molecule has 1 aromatic carbocycles. The monoisotopic (exact) mass is 315 g/mol.